The molecule has 3 aromatic carbocycles. The van der Waals surface area contributed by atoms with Gasteiger partial charge >= 0.3 is 0 Å². The van der Waals surface area contributed by atoms with Gasteiger partial charge in [0.15, 0.2) is 0 Å². The Morgan fingerprint density at radius 1 is 1.00 bits per heavy atom. The highest BCUT2D eigenvalue weighted by Crippen LogP contribution is 2.36. The third-order valence-corrected chi connectivity index (χ3v) is 8.61. The number of para-hydroxylation sites is 1. The van der Waals surface area contributed by atoms with Gasteiger partial charge < -0.3 is 9.30 Å². The number of sulfonamides is 1. The summed E-state index contributed by atoms with van der Waals surface area (Å²) in [5, 5.41) is 1.13. The molecule has 1 aliphatic rings. The quantitative estimate of drug-likeness (QED) is 0.310. The first-order valence-electron chi connectivity index (χ1n) is 12.1. The van der Waals surface area contributed by atoms with Crippen LogP contribution in [0.15, 0.2) is 83.8 Å². The zero-order valence-corrected chi connectivity index (χ0v) is 21.3. The van der Waals surface area contributed by atoms with Crippen LogP contribution in [0.4, 0.5) is 4.39 Å². The first kappa shape index (κ1) is 24.3. The summed E-state index contributed by atoms with van der Waals surface area (Å²) in [6, 6.07) is 21.5. The van der Waals surface area contributed by atoms with Crippen LogP contribution >= 0.6 is 0 Å². The van der Waals surface area contributed by atoms with Crippen LogP contribution in [0.2, 0.25) is 0 Å². The van der Waals surface area contributed by atoms with Crippen molar-refractivity contribution in [3.63, 3.8) is 0 Å². The van der Waals surface area contributed by atoms with Crippen LogP contribution < -0.4 is 4.74 Å². The third-order valence-electron chi connectivity index (χ3n) is 6.73. The molecule has 1 aromatic heterocycles. The fourth-order valence-corrected chi connectivity index (χ4v) is 6.36. The molecule has 0 fully saturated rings. The summed E-state index contributed by atoms with van der Waals surface area (Å²) < 4.78 is 49.4. The number of ether oxygens (including phenoxy) is 1. The average molecular weight is 505 g/mol. The van der Waals surface area contributed by atoms with E-state index in [0.29, 0.717) is 38.4 Å². The van der Waals surface area contributed by atoms with Gasteiger partial charge in [-0.1, -0.05) is 36.4 Å². The molecule has 36 heavy (non-hydrogen) atoms. The van der Waals surface area contributed by atoms with Gasteiger partial charge in [0.05, 0.1) is 11.5 Å². The maximum Gasteiger partial charge on any atom is 0.243 e. The van der Waals surface area contributed by atoms with Gasteiger partial charge in [0.25, 0.3) is 0 Å². The Balaban J connectivity index is 1.44. The number of nitrogens with zero attached hydrogens (tertiary/aromatic N) is 2. The second kappa shape index (κ2) is 9.91. The minimum Gasteiger partial charge on any atom is -0.494 e. The minimum absolute atomic E-state index is 0.245. The molecule has 0 radical (unpaired) electrons. The Kier molecular flexibility index (Phi) is 6.69. The molecule has 0 aliphatic carbocycles. The van der Waals surface area contributed by atoms with E-state index in [4.69, 9.17) is 4.74 Å². The maximum atomic E-state index is 13.8. The lowest BCUT2D eigenvalue weighted by atomic mass is 9.97. The maximum absolute atomic E-state index is 13.8. The fourth-order valence-electron chi connectivity index (χ4n) is 4.98. The predicted octanol–water partition coefficient (Wildman–Crippen LogP) is 6.01. The lowest BCUT2D eigenvalue weighted by Crippen LogP contribution is -2.34. The molecule has 0 saturated heterocycles. The van der Waals surface area contributed by atoms with Crippen molar-refractivity contribution in [3.8, 4) is 5.75 Å². The van der Waals surface area contributed by atoms with Crippen molar-refractivity contribution in [2.24, 2.45) is 0 Å². The zero-order chi connectivity index (χ0) is 25.3. The van der Waals surface area contributed by atoms with E-state index < -0.39 is 10.0 Å². The number of halogens is 1. The first-order chi connectivity index (χ1) is 17.4. The van der Waals surface area contributed by atoms with E-state index in [-0.39, 0.29) is 10.7 Å². The number of hydrogen-bond donors (Lipinski definition) is 0. The summed E-state index contributed by atoms with van der Waals surface area (Å²) >= 11 is 0. The Labute approximate surface area is 211 Å². The zero-order valence-electron chi connectivity index (χ0n) is 20.4. The van der Waals surface area contributed by atoms with E-state index in [9.17, 15) is 12.8 Å². The predicted molar refractivity (Wildman–Crippen MR) is 141 cm³/mol. The molecule has 0 spiro atoms. The Hall–Kier alpha value is -3.42. The molecule has 7 heteroatoms. The Morgan fingerprint density at radius 2 is 1.78 bits per heavy atom. The van der Waals surface area contributed by atoms with Crippen molar-refractivity contribution in [2.75, 3.05) is 19.7 Å². The molecule has 0 bridgehead atoms. The van der Waals surface area contributed by atoms with Crippen LogP contribution in [0.25, 0.3) is 16.5 Å². The molecular weight excluding hydrogens is 475 g/mol. The van der Waals surface area contributed by atoms with E-state index in [2.05, 4.69) is 23.6 Å². The van der Waals surface area contributed by atoms with Crippen molar-refractivity contribution in [1.82, 2.24) is 8.87 Å². The molecule has 0 unspecified atom stereocenters. The molecule has 4 aromatic rings. The number of aromatic nitrogens is 1. The van der Waals surface area contributed by atoms with Gasteiger partial charge in [0, 0.05) is 41.8 Å². The minimum atomic E-state index is -3.60. The molecule has 5 nitrogen and oxygen atoms in total. The second-order valence-electron chi connectivity index (χ2n) is 8.94. The highest BCUT2D eigenvalue weighted by Gasteiger charge is 2.28. The molecule has 0 N–H and O–H groups in total. The SMILES string of the molecule is CCOc1ccc(S(=O)(=O)N2CC=C(c3c(C)n(Cc4cccc(F)c4)c4ccccc34)CC2)cc1. The highest BCUT2D eigenvalue weighted by molar-refractivity contribution is 7.89. The van der Waals surface area contributed by atoms with Crippen LogP contribution in [0.5, 0.6) is 5.75 Å². The fraction of sp³-hybridized carbons (Fsp3) is 0.241. The van der Waals surface area contributed by atoms with Gasteiger partial charge in [-0.15, -0.1) is 0 Å². The van der Waals surface area contributed by atoms with Crippen molar-refractivity contribution < 1.29 is 17.5 Å². The van der Waals surface area contributed by atoms with Crippen molar-refractivity contribution in [1.29, 1.82) is 0 Å². The summed E-state index contributed by atoms with van der Waals surface area (Å²) in [5.41, 5.74) is 5.35. The summed E-state index contributed by atoms with van der Waals surface area (Å²) in [5.74, 6) is 0.410. The molecule has 0 saturated carbocycles. The average Bonchev–Trinajstić information content (AvgIpc) is 3.16. The normalized spacial score (nSPS) is 14.7. The lowest BCUT2D eigenvalue weighted by Gasteiger charge is -2.26. The van der Waals surface area contributed by atoms with Crippen LogP contribution in [0.3, 0.4) is 0 Å². The van der Waals surface area contributed by atoms with Crippen LogP contribution in [0, 0.1) is 12.7 Å². The standard InChI is InChI=1S/C29H29FN2O3S/c1-3-35-25-11-13-26(14-12-25)36(33,34)31-17-15-23(16-18-31)29-21(2)32(28-10-5-4-9-27(28)29)20-22-7-6-8-24(30)19-22/h4-15,19H,3,16-18,20H2,1-2H3. The van der Waals surface area contributed by atoms with Gasteiger partial charge in [-0.2, -0.15) is 4.31 Å². The molecule has 1 aliphatic heterocycles. The lowest BCUT2D eigenvalue weighted by molar-refractivity contribution is 0.340. The number of benzene rings is 3. The van der Waals surface area contributed by atoms with E-state index in [1.54, 1.807) is 36.4 Å². The van der Waals surface area contributed by atoms with E-state index in [0.717, 1.165) is 33.3 Å². The van der Waals surface area contributed by atoms with Crippen molar-refractivity contribution in [2.45, 2.75) is 31.7 Å². The smallest absolute Gasteiger partial charge is 0.243 e. The Morgan fingerprint density at radius 3 is 2.47 bits per heavy atom. The largest absolute Gasteiger partial charge is 0.494 e. The van der Waals surface area contributed by atoms with Gasteiger partial charge in [-0.3, -0.25) is 0 Å². The van der Waals surface area contributed by atoms with E-state index in [1.807, 2.05) is 31.2 Å². The monoisotopic (exact) mass is 504 g/mol. The molecule has 186 valence electrons. The van der Waals surface area contributed by atoms with Gasteiger partial charge in [-0.25, -0.2) is 12.8 Å². The van der Waals surface area contributed by atoms with Crippen LogP contribution in [-0.4, -0.2) is 37.0 Å². The van der Waals surface area contributed by atoms with Crippen LogP contribution in [-0.2, 0) is 16.6 Å². The topological polar surface area (TPSA) is 51.5 Å². The highest BCUT2D eigenvalue weighted by atomic mass is 32.2. The van der Waals surface area contributed by atoms with Gasteiger partial charge in [-0.05, 0) is 73.9 Å². The van der Waals surface area contributed by atoms with Gasteiger partial charge in [0.1, 0.15) is 11.6 Å². The number of rotatable bonds is 7. The molecule has 5 rings (SSSR count). The summed E-state index contributed by atoms with van der Waals surface area (Å²) in [7, 11) is -3.60. The van der Waals surface area contributed by atoms with Crippen LogP contribution in [0.1, 0.15) is 30.2 Å². The number of hydrogen-bond acceptors (Lipinski definition) is 3. The van der Waals surface area contributed by atoms with E-state index >= 15 is 0 Å². The van der Waals surface area contributed by atoms with Crippen molar-refractivity contribution in [3.05, 3.63) is 102 Å². The first-order valence-corrected chi connectivity index (χ1v) is 13.6. The van der Waals surface area contributed by atoms with E-state index in [1.165, 1.54) is 10.4 Å². The van der Waals surface area contributed by atoms with Crippen molar-refractivity contribution >= 4 is 26.5 Å². The molecule has 0 atom stereocenters. The number of fused-ring (bicyclic) bond motifs is 1. The summed E-state index contributed by atoms with van der Waals surface area (Å²) in [4.78, 5) is 0.269. The summed E-state index contributed by atoms with van der Waals surface area (Å²) in [6.45, 7) is 5.79. The third kappa shape index (κ3) is 4.56. The molecule has 2 heterocycles. The molecular formula is C29H29FN2O3S. The second-order valence-corrected chi connectivity index (χ2v) is 10.9. The van der Waals surface area contributed by atoms with Gasteiger partial charge in [0.2, 0.25) is 10.0 Å². The Bertz CT molecular complexity index is 1540. The molecule has 0 amide bonds. The summed E-state index contributed by atoms with van der Waals surface area (Å²) in [6.07, 6.45) is 2.64.